The first-order chi connectivity index (χ1) is 16.7. The summed E-state index contributed by atoms with van der Waals surface area (Å²) in [7, 11) is 0. The van der Waals surface area contributed by atoms with Crippen LogP contribution in [-0.4, -0.2) is 55.2 Å². The number of aromatic nitrogens is 1. The van der Waals surface area contributed by atoms with Crippen LogP contribution in [0.2, 0.25) is 0 Å². The van der Waals surface area contributed by atoms with E-state index >= 15 is 0 Å². The topological polar surface area (TPSA) is 45.7 Å². The van der Waals surface area contributed by atoms with Crippen LogP contribution in [-0.2, 0) is 16.0 Å². The number of carbonyl (C=O) groups excluding carboxylic acids is 1. The summed E-state index contributed by atoms with van der Waals surface area (Å²) in [5, 5.41) is 0.541. The van der Waals surface area contributed by atoms with Crippen molar-refractivity contribution < 1.29 is 13.9 Å². The normalized spacial score (nSPS) is 14.4. The fourth-order valence-electron chi connectivity index (χ4n) is 4.13. The van der Waals surface area contributed by atoms with Gasteiger partial charge in [0.1, 0.15) is 11.3 Å². The maximum Gasteiger partial charge on any atom is 0.233 e. The van der Waals surface area contributed by atoms with E-state index in [9.17, 15) is 9.18 Å². The highest BCUT2D eigenvalue weighted by Crippen LogP contribution is 2.31. The number of amides is 1. The first-order valence-corrected chi connectivity index (χ1v) is 12.3. The van der Waals surface area contributed by atoms with Crippen LogP contribution in [0.25, 0.3) is 21.3 Å². The molecule has 5 nitrogen and oxygen atoms in total. The largest absolute Gasteiger partial charge is 0.379 e. The number of fused-ring (bicyclic) bond motifs is 1. The van der Waals surface area contributed by atoms with Gasteiger partial charge in [-0.3, -0.25) is 14.6 Å². The smallest absolute Gasteiger partial charge is 0.233 e. The van der Waals surface area contributed by atoms with E-state index in [1.54, 1.807) is 11.0 Å². The first-order valence-electron chi connectivity index (χ1n) is 11.5. The van der Waals surface area contributed by atoms with Gasteiger partial charge < -0.3 is 4.74 Å². The van der Waals surface area contributed by atoms with E-state index in [-0.39, 0.29) is 18.1 Å². The van der Waals surface area contributed by atoms with Gasteiger partial charge in [0.2, 0.25) is 5.91 Å². The van der Waals surface area contributed by atoms with Gasteiger partial charge in [-0.2, -0.15) is 0 Å². The molecule has 1 amide bonds. The molecule has 0 N–H and O–H groups in total. The number of ether oxygens (including phenoxy) is 1. The fourth-order valence-corrected chi connectivity index (χ4v) is 5.15. The summed E-state index contributed by atoms with van der Waals surface area (Å²) in [6.07, 6.45) is 0.261. The van der Waals surface area contributed by atoms with E-state index in [1.165, 1.54) is 17.4 Å². The summed E-state index contributed by atoms with van der Waals surface area (Å²) in [4.78, 5) is 22.0. The molecule has 1 aliphatic heterocycles. The van der Waals surface area contributed by atoms with Crippen LogP contribution < -0.4 is 4.90 Å². The molecule has 5 rings (SSSR count). The highest BCUT2D eigenvalue weighted by atomic mass is 32.1. The Morgan fingerprint density at radius 3 is 2.44 bits per heavy atom. The predicted molar refractivity (Wildman–Crippen MR) is 135 cm³/mol. The van der Waals surface area contributed by atoms with Gasteiger partial charge in [0, 0.05) is 26.2 Å². The average Bonchev–Trinajstić information content (AvgIpc) is 3.31. The monoisotopic (exact) mass is 475 g/mol. The van der Waals surface area contributed by atoms with Crippen molar-refractivity contribution in [3.63, 3.8) is 0 Å². The summed E-state index contributed by atoms with van der Waals surface area (Å²) < 4.78 is 20.5. The Kier molecular flexibility index (Phi) is 6.94. The lowest BCUT2D eigenvalue weighted by molar-refractivity contribution is -0.118. The molecule has 0 radical (unpaired) electrons. The number of morpholine rings is 1. The zero-order valence-corrected chi connectivity index (χ0v) is 19.6. The number of nitrogens with zero attached hydrogens (tertiary/aromatic N) is 3. The molecule has 0 saturated carbocycles. The van der Waals surface area contributed by atoms with E-state index in [0.29, 0.717) is 30.4 Å². The number of thiazole rings is 1. The zero-order chi connectivity index (χ0) is 23.3. The van der Waals surface area contributed by atoms with Crippen LogP contribution in [0.3, 0.4) is 0 Å². The highest BCUT2D eigenvalue weighted by molar-refractivity contribution is 7.22. The standard InChI is InChI=1S/C27H26FN3O2S/c28-23-7-4-8-24-26(23)29-27(34-24)31(14-13-30-15-17-33-18-16-30)25(32)19-20-9-11-22(12-10-20)21-5-2-1-3-6-21/h1-12H,13-19H2. The van der Waals surface area contributed by atoms with Gasteiger partial charge in [-0.25, -0.2) is 9.37 Å². The highest BCUT2D eigenvalue weighted by Gasteiger charge is 2.22. The number of rotatable bonds is 7. The minimum atomic E-state index is -0.364. The lowest BCUT2D eigenvalue weighted by Gasteiger charge is -2.29. The molecular formula is C27H26FN3O2S. The summed E-state index contributed by atoms with van der Waals surface area (Å²) in [6.45, 7) is 4.32. The predicted octanol–water partition coefficient (Wildman–Crippen LogP) is 5.01. The van der Waals surface area contributed by atoms with Gasteiger partial charge in [0.25, 0.3) is 0 Å². The molecule has 0 unspecified atom stereocenters. The lowest BCUT2D eigenvalue weighted by atomic mass is 10.0. The van der Waals surface area contributed by atoms with E-state index < -0.39 is 0 Å². The summed E-state index contributed by atoms with van der Waals surface area (Å²) >= 11 is 1.36. The van der Waals surface area contributed by atoms with E-state index in [1.807, 2.05) is 48.5 Å². The van der Waals surface area contributed by atoms with Crippen LogP contribution in [0.4, 0.5) is 9.52 Å². The molecular weight excluding hydrogens is 449 g/mol. The molecule has 7 heteroatoms. The molecule has 1 saturated heterocycles. The molecule has 0 atom stereocenters. The van der Waals surface area contributed by atoms with Gasteiger partial charge in [0.05, 0.1) is 24.3 Å². The van der Waals surface area contributed by atoms with Crippen molar-refractivity contribution in [2.24, 2.45) is 0 Å². The number of benzene rings is 3. The van der Waals surface area contributed by atoms with Crippen molar-refractivity contribution in [1.82, 2.24) is 9.88 Å². The summed E-state index contributed by atoms with van der Waals surface area (Å²) in [6, 6.07) is 23.2. The van der Waals surface area contributed by atoms with Crippen molar-refractivity contribution in [3.05, 3.63) is 84.2 Å². The van der Waals surface area contributed by atoms with Gasteiger partial charge in [-0.15, -0.1) is 0 Å². The molecule has 34 heavy (non-hydrogen) atoms. The van der Waals surface area contributed by atoms with E-state index in [0.717, 1.165) is 41.0 Å². The molecule has 1 aromatic heterocycles. The number of hydrogen-bond donors (Lipinski definition) is 0. The fraction of sp³-hybridized carbons (Fsp3) is 0.259. The van der Waals surface area contributed by atoms with Gasteiger partial charge in [-0.1, -0.05) is 72.0 Å². The van der Waals surface area contributed by atoms with Crippen LogP contribution in [0.5, 0.6) is 0 Å². The number of para-hydroxylation sites is 1. The Bertz CT molecular complexity index is 1250. The Balaban J connectivity index is 1.36. The lowest BCUT2D eigenvalue weighted by Crippen LogP contribution is -2.43. The maximum atomic E-state index is 14.3. The minimum absolute atomic E-state index is 0.0415. The molecule has 1 aliphatic rings. The van der Waals surface area contributed by atoms with Crippen molar-refractivity contribution >= 4 is 32.6 Å². The third kappa shape index (κ3) is 5.17. The Hall–Kier alpha value is -3.13. The quantitative estimate of drug-likeness (QED) is 0.377. The molecule has 0 aliphatic carbocycles. The van der Waals surface area contributed by atoms with Gasteiger partial charge in [-0.05, 0) is 28.8 Å². The minimum Gasteiger partial charge on any atom is -0.379 e. The molecule has 1 fully saturated rings. The van der Waals surface area contributed by atoms with Crippen LogP contribution in [0.1, 0.15) is 5.56 Å². The number of carbonyl (C=O) groups is 1. The van der Waals surface area contributed by atoms with Crippen LogP contribution in [0, 0.1) is 5.82 Å². The van der Waals surface area contributed by atoms with Crippen molar-refractivity contribution in [2.75, 3.05) is 44.3 Å². The molecule has 3 aromatic carbocycles. The van der Waals surface area contributed by atoms with Gasteiger partial charge >= 0.3 is 0 Å². The summed E-state index contributed by atoms with van der Waals surface area (Å²) in [5.41, 5.74) is 3.51. The Morgan fingerprint density at radius 2 is 1.71 bits per heavy atom. The second-order valence-electron chi connectivity index (χ2n) is 8.32. The molecule has 2 heterocycles. The van der Waals surface area contributed by atoms with Crippen molar-refractivity contribution in [2.45, 2.75) is 6.42 Å². The second kappa shape index (κ2) is 10.4. The Morgan fingerprint density at radius 1 is 0.971 bits per heavy atom. The average molecular weight is 476 g/mol. The number of anilines is 1. The van der Waals surface area contributed by atoms with Crippen molar-refractivity contribution in [3.8, 4) is 11.1 Å². The molecule has 4 aromatic rings. The maximum absolute atomic E-state index is 14.3. The molecule has 174 valence electrons. The van der Waals surface area contributed by atoms with E-state index in [2.05, 4.69) is 22.0 Å². The van der Waals surface area contributed by atoms with Crippen molar-refractivity contribution in [1.29, 1.82) is 0 Å². The van der Waals surface area contributed by atoms with Crippen LogP contribution >= 0.6 is 11.3 Å². The third-order valence-corrected chi connectivity index (χ3v) is 7.09. The SMILES string of the molecule is O=C(Cc1ccc(-c2ccccc2)cc1)N(CCN1CCOCC1)c1nc2c(F)cccc2s1. The third-order valence-electron chi connectivity index (χ3n) is 6.05. The zero-order valence-electron chi connectivity index (χ0n) is 18.8. The van der Waals surface area contributed by atoms with Crippen LogP contribution in [0.15, 0.2) is 72.8 Å². The van der Waals surface area contributed by atoms with E-state index in [4.69, 9.17) is 4.74 Å². The number of halogens is 1. The first kappa shape index (κ1) is 22.7. The molecule has 0 spiro atoms. The van der Waals surface area contributed by atoms with Gasteiger partial charge in [0.15, 0.2) is 5.13 Å². The molecule has 0 bridgehead atoms. The number of hydrogen-bond acceptors (Lipinski definition) is 5. The Labute approximate surface area is 202 Å². The second-order valence-corrected chi connectivity index (χ2v) is 9.33. The summed E-state index contributed by atoms with van der Waals surface area (Å²) in [5.74, 6) is -0.405.